The van der Waals surface area contributed by atoms with Gasteiger partial charge in [0.2, 0.25) is 5.91 Å². The molecule has 2 nitrogen and oxygen atoms in total. The molecule has 1 atom stereocenters. The first kappa shape index (κ1) is 11.2. The van der Waals surface area contributed by atoms with E-state index in [4.69, 9.17) is 11.6 Å². The molecule has 1 rings (SSSR count). The SMILES string of the molecule is CC1CSCCN(C(=O)CCCl)C1. The zero-order chi connectivity index (χ0) is 9.68. The molecule has 1 aliphatic rings. The van der Waals surface area contributed by atoms with Crippen LogP contribution in [0, 0.1) is 5.92 Å². The van der Waals surface area contributed by atoms with Crippen LogP contribution in [0.2, 0.25) is 0 Å². The Balaban J connectivity index is 2.42. The van der Waals surface area contributed by atoms with Crippen LogP contribution >= 0.6 is 23.4 Å². The Morgan fingerprint density at radius 1 is 1.69 bits per heavy atom. The van der Waals surface area contributed by atoms with E-state index in [0.717, 1.165) is 18.8 Å². The molecule has 4 heteroatoms. The second kappa shape index (κ2) is 5.76. The molecule has 0 N–H and O–H groups in total. The molecule has 0 aromatic heterocycles. The predicted octanol–water partition coefficient (Wildman–Crippen LogP) is 1.83. The second-order valence-electron chi connectivity index (χ2n) is 3.46. The summed E-state index contributed by atoms with van der Waals surface area (Å²) in [5.41, 5.74) is 0. The van der Waals surface area contributed by atoms with Gasteiger partial charge in [-0.1, -0.05) is 6.92 Å². The number of amides is 1. The Morgan fingerprint density at radius 2 is 2.46 bits per heavy atom. The Kier molecular flexibility index (Phi) is 4.96. The molecule has 1 amide bonds. The zero-order valence-corrected chi connectivity index (χ0v) is 9.53. The summed E-state index contributed by atoms with van der Waals surface area (Å²) in [6, 6.07) is 0. The Hall–Kier alpha value is 0.110. The third-order valence-corrected chi connectivity index (χ3v) is 3.57. The molecule has 0 aromatic carbocycles. The van der Waals surface area contributed by atoms with Crippen LogP contribution in [-0.2, 0) is 4.79 Å². The van der Waals surface area contributed by atoms with Crippen molar-refractivity contribution >= 4 is 29.3 Å². The van der Waals surface area contributed by atoms with Gasteiger partial charge in [0.05, 0.1) is 0 Å². The monoisotopic (exact) mass is 221 g/mol. The lowest BCUT2D eigenvalue weighted by molar-refractivity contribution is -0.130. The average molecular weight is 222 g/mol. The topological polar surface area (TPSA) is 20.3 Å². The van der Waals surface area contributed by atoms with Crippen LogP contribution in [0.15, 0.2) is 0 Å². The van der Waals surface area contributed by atoms with Gasteiger partial charge >= 0.3 is 0 Å². The van der Waals surface area contributed by atoms with E-state index in [9.17, 15) is 4.79 Å². The molecule has 13 heavy (non-hydrogen) atoms. The van der Waals surface area contributed by atoms with E-state index in [0.29, 0.717) is 18.2 Å². The minimum Gasteiger partial charge on any atom is -0.342 e. The van der Waals surface area contributed by atoms with Crippen molar-refractivity contribution in [1.29, 1.82) is 0 Å². The van der Waals surface area contributed by atoms with Crippen molar-refractivity contribution in [2.45, 2.75) is 13.3 Å². The van der Waals surface area contributed by atoms with Crippen LogP contribution in [0.3, 0.4) is 0 Å². The first-order valence-corrected chi connectivity index (χ1v) is 6.34. The largest absolute Gasteiger partial charge is 0.342 e. The molecule has 1 unspecified atom stereocenters. The van der Waals surface area contributed by atoms with Crippen LogP contribution in [0.5, 0.6) is 0 Å². The molecule has 1 fully saturated rings. The molecule has 1 heterocycles. The lowest BCUT2D eigenvalue weighted by atomic mass is 10.2. The molecular weight excluding hydrogens is 206 g/mol. The molecule has 1 saturated heterocycles. The van der Waals surface area contributed by atoms with E-state index in [2.05, 4.69) is 6.92 Å². The van der Waals surface area contributed by atoms with E-state index in [1.54, 1.807) is 0 Å². The van der Waals surface area contributed by atoms with Gasteiger partial charge in [-0.3, -0.25) is 4.79 Å². The van der Waals surface area contributed by atoms with E-state index >= 15 is 0 Å². The highest BCUT2D eigenvalue weighted by atomic mass is 35.5. The maximum Gasteiger partial charge on any atom is 0.223 e. The molecule has 0 bridgehead atoms. The summed E-state index contributed by atoms with van der Waals surface area (Å²) in [7, 11) is 0. The summed E-state index contributed by atoms with van der Waals surface area (Å²) in [6.07, 6.45) is 0.485. The number of carbonyl (C=O) groups excluding carboxylic acids is 1. The average Bonchev–Trinajstić information content (AvgIpc) is 2.30. The Bertz CT molecular complexity index is 177. The minimum atomic E-state index is 0.212. The standard InChI is InChI=1S/C9H16ClNOS/c1-8-6-11(4-5-13-7-8)9(12)2-3-10/h8H,2-7H2,1H3. The zero-order valence-electron chi connectivity index (χ0n) is 7.96. The van der Waals surface area contributed by atoms with Crippen molar-refractivity contribution in [2.75, 3.05) is 30.5 Å². The lowest BCUT2D eigenvalue weighted by Gasteiger charge is -2.21. The van der Waals surface area contributed by atoms with Crippen molar-refractivity contribution in [1.82, 2.24) is 4.90 Å². The molecule has 0 saturated carbocycles. The van der Waals surface area contributed by atoms with Crippen LogP contribution in [0.4, 0.5) is 0 Å². The first-order chi connectivity index (χ1) is 6.24. The highest BCUT2D eigenvalue weighted by Gasteiger charge is 2.18. The summed E-state index contributed by atoms with van der Waals surface area (Å²) >= 11 is 7.48. The number of carbonyl (C=O) groups is 1. The fourth-order valence-corrected chi connectivity index (χ4v) is 2.63. The molecule has 1 aliphatic heterocycles. The van der Waals surface area contributed by atoms with E-state index in [-0.39, 0.29) is 5.91 Å². The van der Waals surface area contributed by atoms with Gasteiger partial charge in [-0.25, -0.2) is 0 Å². The van der Waals surface area contributed by atoms with Gasteiger partial charge in [0, 0.05) is 31.1 Å². The number of thioether (sulfide) groups is 1. The van der Waals surface area contributed by atoms with E-state index < -0.39 is 0 Å². The fraction of sp³-hybridized carbons (Fsp3) is 0.889. The van der Waals surface area contributed by atoms with Gasteiger partial charge in [0.1, 0.15) is 0 Å². The van der Waals surface area contributed by atoms with Gasteiger partial charge < -0.3 is 4.90 Å². The molecular formula is C9H16ClNOS. The lowest BCUT2D eigenvalue weighted by Crippen LogP contribution is -2.35. The summed E-state index contributed by atoms with van der Waals surface area (Å²) in [6.45, 7) is 3.99. The minimum absolute atomic E-state index is 0.212. The molecule has 0 radical (unpaired) electrons. The van der Waals surface area contributed by atoms with E-state index in [1.165, 1.54) is 5.75 Å². The first-order valence-electron chi connectivity index (χ1n) is 4.65. The third-order valence-electron chi connectivity index (χ3n) is 2.10. The Morgan fingerprint density at radius 3 is 3.15 bits per heavy atom. The van der Waals surface area contributed by atoms with Crippen LogP contribution in [0.1, 0.15) is 13.3 Å². The summed E-state index contributed by atoms with van der Waals surface area (Å²) in [5.74, 6) is 3.51. The third kappa shape index (κ3) is 3.77. The van der Waals surface area contributed by atoms with Crippen molar-refractivity contribution in [3.63, 3.8) is 0 Å². The fourth-order valence-electron chi connectivity index (χ4n) is 1.44. The van der Waals surface area contributed by atoms with Crippen molar-refractivity contribution < 1.29 is 4.79 Å². The number of hydrogen-bond donors (Lipinski definition) is 0. The highest BCUT2D eigenvalue weighted by Crippen LogP contribution is 2.15. The number of rotatable bonds is 2. The number of halogens is 1. The normalized spacial score (nSPS) is 24.2. The maximum atomic E-state index is 11.5. The predicted molar refractivity (Wildman–Crippen MR) is 58.4 cm³/mol. The Labute approximate surface area is 89.0 Å². The van der Waals surface area contributed by atoms with Crippen LogP contribution < -0.4 is 0 Å². The summed E-state index contributed by atoms with van der Waals surface area (Å²) < 4.78 is 0. The second-order valence-corrected chi connectivity index (χ2v) is 4.99. The van der Waals surface area contributed by atoms with Crippen molar-refractivity contribution in [2.24, 2.45) is 5.92 Å². The molecule has 0 spiro atoms. The number of nitrogens with zero attached hydrogens (tertiary/aromatic N) is 1. The van der Waals surface area contributed by atoms with Gasteiger partial charge in [-0.2, -0.15) is 11.8 Å². The molecule has 76 valence electrons. The molecule has 0 aliphatic carbocycles. The van der Waals surface area contributed by atoms with Crippen molar-refractivity contribution in [3.8, 4) is 0 Å². The number of alkyl halides is 1. The van der Waals surface area contributed by atoms with Gasteiger partial charge in [-0.15, -0.1) is 11.6 Å². The number of hydrogen-bond acceptors (Lipinski definition) is 2. The maximum absolute atomic E-state index is 11.5. The smallest absolute Gasteiger partial charge is 0.223 e. The van der Waals surface area contributed by atoms with E-state index in [1.807, 2.05) is 16.7 Å². The van der Waals surface area contributed by atoms with Gasteiger partial charge in [0.25, 0.3) is 0 Å². The van der Waals surface area contributed by atoms with Gasteiger partial charge in [-0.05, 0) is 11.7 Å². The van der Waals surface area contributed by atoms with Gasteiger partial charge in [0.15, 0.2) is 0 Å². The summed E-state index contributed by atoms with van der Waals surface area (Å²) in [5, 5.41) is 0. The summed E-state index contributed by atoms with van der Waals surface area (Å²) in [4.78, 5) is 13.5. The highest BCUT2D eigenvalue weighted by molar-refractivity contribution is 7.99. The van der Waals surface area contributed by atoms with Crippen LogP contribution in [0.25, 0.3) is 0 Å². The van der Waals surface area contributed by atoms with Crippen molar-refractivity contribution in [3.05, 3.63) is 0 Å². The van der Waals surface area contributed by atoms with Crippen LogP contribution in [-0.4, -0.2) is 41.3 Å². The molecule has 0 aromatic rings. The quantitative estimate of drug-likeness (QED) is 0.664.